The van der Waals surface area contributed by atoms with Crippen LogP contribution < -0.4 is 0 Å². The number of likely N-dealkylation sites (N-methyl/N-ethyl adjacent to an activating group) is 1. The Balaban J connectivity index is 2.55. The molecule has 0 radical (unpaired) electrons. The molecule has 0 saturated carbocycles. The fourth-order valence-electron chi connectivity index (χ4n) is 2.17. The van der Waals surface area contributed by atoms with Crippen LogP contribution in [0.15, 0.2) is 11.4 Å². The van der Waals surface area contributed by atoms with Gasteiger partial charge < -0.3 is 4.90 Å². The molecule has 0 aliphatic carbocycles. The van der Waals surface area contributed by atoms with E-state index in [0.29, 0.717) is 12.1 Å². The Kier molecular flexibility index (Phi) is 2.86. The predicted octanol–water partition coefficient (Wildman–Crippen LogP) is 2.53. The van der Waals surface area contributed by atoms with Crippen LogP contribution in [0.3, 0.4) is 0 Å². The third-order valence-corrected chi connectivity index (χ3v) is 4.33. The summed E-state index contributed by atoms with van der Waals surface area (Å²) >= 11 is 1.58. The first-order valence-corrected chi connectivity index (χ1v) is 6.57. The van der Waals surface area contributed by atoms with Gasteiger partial charge in [-0.1, -0.05) is 20.8 Å². The van der Waals surface area contributed by atoms with E-state index in [1.165, 1.54) is 0 Å². The summed E-state index contributed by atoms with van der Waals surface area (Å²) in [6, 6.07) is 1.78. The van der Waals surface area contributed by atoms with Crippen LogP contribution in [0.4, 0.5) is 0 Å². The van der Waals surface area contributed by atoms with Gasteiger partial charge in [0.05, 0.1) is 0 Å². The fraction of sp³-hybridized carbons (Fsp3) is 0.538. The van der Waals surface area contributed by atoms with Crippen molar-refractivity contribution in [2.75, 3.05) is 13.6 Å². The predicted molar refractivity (Wildman–Crippen MR) is 68.5 cm³/mol. The van der Waals surface area contributed by atoms with Crippen molar-refractivity contribution in [2.45, 2.75) is 26.7 Å². The van der Waals surface area contributed by atoms with E-state index in [2.05, 4.69) is 20.8 Å². The van der Waals surface area contributed by atoms with Crippen molar-refractivity contribution in [1.29, 1.82) is 0 Å². The van der Waals surface area contributed by atoms with Crippen LogP contribution in [0.25, 0.3) is 0 Å². The highest BCUT2D eigenvalue weighted by Crippen LogP contribution is 2.41. The SMILES string of the molecule is CN1CC(C(C)(C)C)c2sccc2C(=O)C1=O. The number of thiophene rings is 1. The Morgan fingerprint density at radius 1 is 1.35 bits per heavy atom. The van der Waals surface area contributed by atoms with Gasteiger partial charge in [0.2, 0.25) is 0 Å². The Morgan fingerprint density at radius 3 is 2.59 bits per heavy atom. The number of hydrogen-bond acceptors (Lipinski definition) is 3. The van der Waals surface area contributed by atoms with Crippen molar-refractivity contribution in [2.24, 2.45) is 5.41 Å². The summed E-state index contributed by atoms with van der Waals surface area (Å²) in [5.41, 5.74) is 0.642. The molecule has 1 aliphatic rings. The van der Waals surface area contributed by atoms with E-state index in [1.54, 1.807) is 29.4 Å². The third kappa shape index (κ3) is 2.02. The average molecular weight is 251 g/mol. The Hall–Kier alpha value is -1.16. The van der Waals surface area contributed by atoms with Crippen molar-refractivity contribution < 1.29 is 9.59 Å². The molecule has 0 bridgehead atoms. The monoisotopic (exact) mass is 251 g/mol. The number of amides is 1. The molecule has 0 N–H and O–H groups in total. The van der Waals surface area contributed by atoms with Crippen LogP contribution in [0.5, 0.6) is 0 Å². The highest BCUT2D eigenvalue weighted by Gasteiger charge is 2.38. The van der Waals surface area contributed by atoms with Gasteiger partial charge in [-0.25, -0.2) is 0 Å². The number of nitrogens with zero attached hydrogens (tertiary/aromatic N) is 1. The number of Topliss-reactive ketones (excluding diaryl/α,β-unsaturated/α-hetero) is 1. The lowest BCUT2D eigenvalue weighted by atomic mass is 9.79. The molecule has 1 amide bonds. The number of hydrogen-bond donors (Lipinski definition) is 0. The largest absolute Gasteiger partial charge is 0.338 e. The van der Waals surface area contributed by atoms with Crippen molar-refractivity contribution >= 4 is 23.0 Å². The minimum atomic E-state index is -0.392. The highest BCUT2D eigenvalue weighted by molar-refractivity contribution is 7.10. The van der Waals surface area contributed by atoms with E-state index in [9.17, 15) is 9.59 Å². The van der Waals surface area contributed by atoms with Gasteiger partial charge in [-0.2, -0.15) is 0 Å². The maximum atomic E-state index is 12.0. The topological polar surface area (TPSA) is 37.4 Å². The molecule has 0 fully saturated rings. The number of fused-ring (bicyclic) bond motifs is 1. The molecule has 0 saturated heterocycles. The molecule has 17 heavy (non-hydrogen) atoms. The molecule has 1 aromatic heterocycles. The van der Waals surface area contributed by atoms with Crippen molar-refractivity contribution in [3.05, 3.63) is 21.9 Å². The highest BCUT2D eigenvalue weighted by atomic mass is 32.1. The van der Waals surface area contributed by atoms with Gasteiger partial charge in [-0.3, -0.25) is 9.59 Å². The summed E-state index contributed by atoms with van der Waals surface area (Å²) in [7, 11) is 1.70. The minimum Gasteiger partial charge on any atom is -0.338 e. The van der Waals surface area contributed by atoms with Crippen molar-refractivity contribution in [3.63, 3.8) is 0 Å². The molecule has 3 nitrogen and oxygen atoms in total. The molecule has 2 heterocycles. The van der Waals surface area contributed by atoms with Crippen LogP contribution in [0.1, 0.15) is 41.9 Å². The zero-order valence-electron chi connectivity index (χ0n) is 10.6. The lowest BCUT2D eigenvalue weighted by molar-refractivity contribution is -0.125. The summed E-state index contributed by atoms with van der Waals surface area (Å²) in [4.78, 5) is 26.5. The normalized spacial score (nSPS) is 21.4. The zero-order chi connectivity index (χ0) is 12.8. The molecular formula is C13H17NO2S. The second kappa shape index (κ2) is 3.95. The van der Waals surface area contributed by atoms with Gasteiger partial charge in [-0.05, 0) is 16.9 Å². The molecule has 92 valence electrons. The third-order valence-electron chi connectivity index (χ3n) is 3.30. The van der Waals surface area contributed by atoms with E-state index < -0.39 is 5.91 Å². The first-order valence-electron chi connectivity index (χ1n) is 5.69. The lowest BCUT2D eigenvalue weighted by Crippen LogP contribution is -2.35. The number of carbonyl (C=O) groups excluding carboxylic acids is 2. The summed E-state index contributed by atoms with van der Waals surface area (Å²) in [6.45, 7) is 7.06. The summed E-state index contributed by atoms with van der Waals surface area (Å²) in [6.07, 6.45) is 0. The van der Waals surface area contributed by atoms with Gasteiger partial charge in [0.25, 0.3) is 11.7 Å². The van der Waals surface area contributed by atoms with Crippen LogP contribution in [-0.2, 0) is 4.79 Å². The smallest absolute Gasteiger partial charge is 0.294 e. The molecule has 1 unspecified atom stereocenters. The van der Waals surface area contributed by atoms with Gasteiger partial charge in [-0.15, -0.1) is 11.3 Å². The standard InChI is InChI=1S/C13H17NO2S/c1-13(2,3)9-7-14(4)12(16)10(15)8-5-6-17-11(8)9/h5-6,9H,7H2,1-4H3. The Morgan fingerprint density at radius 2 is 2.00 bits per heavy atom. The van der Waals surface area contributed by atoms with Gasteiger partial charge in [0.15, 0.2) is 0 Å². The van der Waals surface area contributed by atoms with E-state index in [4.69, 9.17) is 0 Å². The molecule has 1 aliphatic heterocycles. The molecule has 4 heteroatoms. The second-order valence-electron chi connectivity index (χ2n) is 5.63. The van der Waals surface area contributed by atoms with E-state index in [0.717, 1.165) is 4.88 Å². The molecule has 1 aromatic rings. The summed E-state index contributed by atoms with van der Waals surface area (Å²) < 4.78 is 0. The zero-order valence-corrected chi connectivity index (χ0v) is 11.4. The van der Waals surface area contributed by atoms with E-state index >= 15 is 0 Å². The maximum absolute atomic E-state index is 12.0. The maximum Gasteiger partial charge on any atom is 0.294 e. The molecule has 2 rings (SSSR count). The molecule has 0 aromatic carbocycles. The fourth-order valence-corrected chi connectivity index (χ4v) is 3.40. The Labute approximate surface area is 105 Å². The Bertz CT molecular complexity index is 470. The van der Waals surface area contributed by atoms with Gasteiger partial charge >= 0.3 is 0 Å². The van der Waals surface area contributed by atoms with Crippen LogP contribution in [0, 0.1) is 5.41 Å². The quantitative estimate of drug-likeness (QED) is 0.664. The summed E-state index contributed by atoms with van der Waals surface area (Å²) in [5.74, 6) is -0.537. The summed E-state index contributed by atoms with van der Waals surface area (Å²) in [5, 5.41) is 1.90. The van der Waals surface area contributed by atoms with Crippen molar-refractivity contribution in [3.8, 4) is 0 Å². The van der Waals surface area contributed by atoms with Crippen LogP contribution in [-0.4, -0.2) is 30.2 Å². The average Bonchev–Trinajstić information content (AvgIpc) is 2.66. The molecular weight excluding hydrogens is 234 g/mol. The first kappa shape index (κ1) is 12.3. The molecule has 0 spiro atoms. The number of rotatable bonds is 0. The minimum absolute atomic E-state index is 0.0404. The second-order valence-corrected chi connectivity index (χ2v) is 6.58. The van der Waals surface area contributed by atoms with E-state index in [-0.39, 0.29) is 17.1 Å². The van der Waals surface area contributed by atoms with Gasteiger partial charge in [0, 0.05) is 30.0 Å². The number of ketones is 1. The van der Waals surface area contributed by atoms with Crippen LogP contribution >= 0.6 is 11.3 Å². The van der Waals surface area contributed by atoms with Gasteiger partial charge in [0.1, 0.15) is 0 Å². The first-order chi connectivity index (χ1) is 7.82. The van der Waals surface area contributed by atoms with Crippen LogP contribution in [0.2, 0.25) is 0 Å². The molecule has 1 atom stereocenters. The number of carbonyl (C=O) groups is 2. The van der Waals surface area contributed by atoms with E-state index in [1.807, 2.05) is 5.38 Å². The van der Waals surface area contributed by atoms with Crippen molar-refractivity contribution in [1.82, 2.24) is 4.90 Å². The lowest BCUT2D eigenvalue weighted by Gasteiger charge is -2.31.